The van der Waals surface area contributed by atoms with E-state index in [4.69, 9.17) is 4.74 Å². The molecule has 1 aliphatic rings. The molecule has 98 valence electrons. The maximum Gasteiger partial charge on any atom is 0.257 e. The number of halogens is 1. The predicted molar refractivity (Wildman–Crippen MR) is 63.9 cm³/mol. The van der Waals surface area contributed by atoms with Crippen molar-refractivity contribution in [3.05, 3.63) is 35.1 Å². The fourth-order valence-corrected chi connectivity index (χ4v) is 2.03. The summed E-state index contributed by atoms with van der Waals surface area (Å²) >= 11 is 0. The van der Waals surface area contributed by atoms with Crippen molar-refractivity contribution >= 4 is 5.91 Å². The first-order valence-corrected chi connectivity index (χ1v) is 5.89. The van der Waals surface area contributed by atoms with E-state index in [1.165, 1.54) is 17.0 Å². The number of aliphatic hydroxyl groups excluding tert-OH is 1. The lowest BCUT2D eigenvalue weighted by Crippen LogP contribution is -2.50. The number of carbonyl (C=O) groups is 1. The largest absolute Gasteiger partial charge is 0.394 e. The number of ether oxygens (including phenoxy) is 1. The highest BCUT2D eigenvalue weighted by Crippen LogP contribution is 2.16. The quantitative estimate of drug-likeness (QED) is 0.854. The number of morpholine rings is 1. The predicted octanol–water partition coefficient (Wildman–Crippen LogP) is 0.967. The van der Waals surface area contributed by atoms with Gasteiger partial charge in [-0.25, -0.2) is 4.39 Å². The SMILES string of the molecule is Cc1ccc(F)c(C(=O)N2CCOCC2CO)c1. The zero-order valence-electron chi connectivity index (χ0n) is 10.2. The molecule has 1 aromatic carbocycles. The highest BCUT2D eigenvalue weighted by Gasteiger charge is 2.28. The average Bonchev–Trinajstić information content (AvgIpc) is 2.40. The standard InChI is InChI=1S/C13H16FNO3/c1-9-2-3-12(14)11(6-9)13(17)15-4-5-18-8-10(15)7-16/h2-3,6,10,16H,4-5,7-8H2,1H3. The Balaban J connectivity index is 2.26. The number of hydrogen-bond donors (Lipinski definition) is 1. The van der Waals surface area contributed by atoms with E-state index >= 15 is 0 Å². The summed E-state index contributed by atoms with van der Waals surface area (Å²) in [5.41, 5.74) is 0.879. The van der Waals surface area contributed by atoms with Crippen molar-refractivity contribution in [2.45, 2.75) is 13.0 Å². The lowest BCUT2D eigenvalue weighted by Gasteiger charge is -2.34. The van der Waals surface area contributed by atoms with Crippen LogP contribution in [-0.2, 0) is 4.74 Å². The van der Waals surface area contributed by atoms with E-state index in [1.807, 2.05) is 0 Å². The van der Waals surface area contributed by atoms with Crippen molar-refractivity contribution in [2.75, 3.05) is 26.4 Å². The van der Waals surface area contributed by atoms with Gasteiger partial charge in [-0.3, -0.25) is 4.79 Å². The zero-order chi connectivity index (χ0) is 13.1. The molecular formula is C13H16FNO3. The number of hydrogen-bond acceptors (Lipinski definition) is 3. The number of rotatable bonds is 2. The summed E-state index contributed by atoms with van der Waals surface area (Å²) in [6, 6.07) is 4.04. The second-order valence-corrected chi connectivity index (χ2v) is 4.39. The van der Waals surface area contributed by atoms with Gasteiger partial charge < -0.3 is 14.7 Å². The molecule has 2 rings (SSSR count). The van der Waals surface area contributed by atoms with Gasteiger partial charge in [0.1, 0.15) is 5.82 Å². The molecule has 1 amide bonds. The average molecular weight is 253 g/mol. The van der Waals surface area contributed by atoms with Gasteiger partial charge in [-0.15, -0.1) is 0 Å². The van der Waals surface area contributed by atoms with Crippen molar-refractivity contribution in [1.82, 2.24) is 4.90 Å². The van der Waals surface area contributed by atoms with Crippen LogP contribution in [0.15, 0.2) is 18.2 Å². The molecule has 0 saturated carbocycles. The van der Waals surface area contributed by atoms with Gasteiger partial charge in [-0.1, -0.05) is 11.6 Å². The Labute approximate surface area is 105 Å². The maximum atomic E-state index is 13.7. The Morgan fingerprint density at radius 2 is 2.39 bits per heavy atom. The lowest BCUT2D eigenvalue weighted by molar-refractivity contribution is -0.0185. The molecule has 1 atom stereocenters. The van der Waals surface area contributed by atoms with Gasteiger partial charge in [-0.05, 0) is 19.1 Å². The molecule has 0 aliphatic carbocycles. The third-order valence-corrected chi connectivity index (χ3v) is 3.05. The van der Waals surface area contributed by atoms with Crippen LogP contribution in [0.5, 0.6) is 0 Å². The van der Waals surface area contributed by atoms with Crippen LogP contribution in [0.1, 0.15) is 15.9 Å². The fourth-order valence-electron chi connectivity index (χ4n) is 2.03. The zero-order valence-corrected chi connectivity index (χ0v) is 10.2. The van der Waals surface area contributed by atoms with E-state index in [-0.39, 0.29) is 18.8 Å². The molecule has 1 heterocycles. The molecule has 4 nitrogen and oxygen atoms in total. The van der Waals surface area contributed by atoms with Crippen LogP contribution >= 0.6 is 0 Å². The van der Waals surface area contributed by atoms with Gasteiger partial charge in [0.05, 0.1) is 31.4 Å². The summed E-state index contributed by atoms with van der Waals surface area (Å²) in [6.07, 6.45) is 0. The van der Waals surface area contributed by atoms with E-state index < -0.39 is 17.8 Å². The monoisotopic (exact) mass is 253 g/mol. The molecule has 1 saturated heterocycles. The minimum Gasteiger partial charge on any atom is -0.394 e. The molecule has 0 aromatic heterocycles. The van der Waals surface area contributed by atoms with Crippen LogP contribution in [0.3, 0.4) is 0 Å². The van der Waals surface area contributed by atoms with Gasteiger partial charge in [0.2, 0.25) is 0 Å². The molecule has 5 heteroatoms. The topological polar surface area (TPSA) is 49.8 Å². The Hall–Kier alpha value is -1.46. The van der Waals surface area contributed by atoms with Crippen LogP contribution in [0.2, 0.25) is 0 Å². The maximum absolute atomic E-state index is 13.7. The number of aryl methyl sites for hydroxylation is 1. The Bertz CT molecular complexity index is 450. The molecule has 1 fully saturated rings. The van der Waals surface area contributed by atoms with Crippen molar-refractivity contribution in [3.8, 4) is 0 Å². The number of amides is 1. The summed E-state index contributed by atoms with van der Waals surface area (Å²) in [5.74, 6) is -0.924. The minimum atomic E-state index is -0.534. The fraction of sp³-hybridized carbons (Fsp3) is 0.462. The van der Waals surface area contributed by atoms with E-state index in [0.717, 1.165) is 5.56 Å². The van der Waals surface area contributed by atoms with Gasteiger partial charge in [-0.2, -0.15) is 0 Å². The molecular weight excluding hydrogens is 237 g/mol. The van der Waals surface area contributed by atoms with Crippen LogP contribution < -0.4 is 0 Å². The van der Waals surface area contributed by atoms with E-state index in [1.54, 1.807) is 13.0 Å². The third kappa shape index (κ3) is 2.52. The van der Waals surface area contributed by atoms with Crippen LogP contribution in [-0.4, -0.2) is 48.3 Å². The molecule has 18 heavy (non-hydrogen) atoms. The molecule has 0 bridgehead atoms. The van der Waals surface area contributed by atoms with Crippen LogP contribution in [0.4, 0.5) is 4.39 Å². The minimum absolute atomic E-state index is 0.0513. The third-order valence-electron chi connectivity index (χ3n) is 3.05. The first kappa shape index (κ1) is 13.0. The Kier molecular flexibility index (Phi) is 3.93. The molecule has 1 aromatic rings. The van der Waals surface area contributed by atoms with Crippen molar-refractivity contribution < 1.29 is 19.0 Å². The van der Waals surface area contributed by atoms with Crippen molar-refractivity contribution in [2.24, 2.45) is 0 Å². The Morgan fingerprint density at radius 3 is 3.11 bits per heavy atom. The summed E-state index contributed by atoms with van der Waals surface area (Å²) in [6.45, 7) is 2.70. The van der Waals surface area contributed by atoms with Gasteiger partial charge in [0.25, 0.3) is 5.91 Å². The normalized spacial score (nSPS) is 19.9. The summed E-state index contributed by atoms with van der Waals surface area (Å²) in [5, 5.41) is 9.21. The lowest BCUT2D eigenvalue weighted by atomic mass is 10.1. The van der Waals surface area contributed by atoms with Gasteiger partial charge in [0, 0.05) is 6.54 Å². The van der Waals surface area contributed by atoms with E-state index in [0.29, 0.717) is 13.2 Å². The van der Waals surface area contributed by atoms with Crippen LogP contribution in [0.25, 0.3) is 0 Å². The number of carbonyl (C=O) groups excluding carboxylic acids is 1. The van der Waals surface area contributed by atoms with Crippen LogP contribution in [0, 0.1) is 12.7 Å². The van der Waals surface area contributed by atoms with Crippen molar-refractivity contribution in [3.63, 3.8) is 0 Å². The van der Waals surface area contributed by atoms with Gasteiger partial charge >= 0.3 is 0 Å². The van der Waals surface area contributed by atoms with E-state index in [2.05, 4.69) is 0 Å². The highest BCUT2D eigenvalue weighted by atomic mass is 19.1. The first-order chi connectivity index (χ1) is 8.63. The highest BCUT2D eigenvalue weighted by molar-refractivity contribution is 5.95. The molecule has 0 radical (unpaired) electrons. The number of nitrogens with zero attached hydrogens (tertiary/aromatic N) is 1. The van der Waals surface area contributed by atoms with Crippen molar-refractivity contribution in [1.29, 1.82) is 0 Å². The van der Waals surface area contributed by atoms with Gasteiger partial charge in [0.15, 0.2) is 0 Å². The smallest absolute Gasteiger partial charge is 0.257 e. The molecule has 0 spiro atoms. The molecule has 1 aliphatic heterocycles. The number of aliphatic hydroxyl groups is 1. The molecule has 1 unspecified atom stereocenters. The summed E-state index contributed by atoms with van der Waals surface area (Å²) in [7, 11) is 0. The summed E-state index contributed by atoms with van der Waals surface area (Å²) in [4.78, 5) is 13.7. The Morgan fingerprint density at radius 1 is 1.61 bits per heavy atom. The second kappa shape index (κ2) is 5.46. The van der Waals surface area contributed by atoms with E-state index in [9.17, 15) is 14.3 Å². The summed E-state index contributed by atoms with van der Waals surface area (Å²) < 4.78 is 18.9. The number of benzene rings is 1. The molecule has 1 N–H and O–H groups in total. The first-order valence-electron chi connectivity index (χ1n) is 5.89. The second-order valence-electron chi connectivity index (χ2n) is 4.39.